The van der Waals surface area contributed by atoms with Gasteiger partial charge in [-0.1, -0.05) is 0 Å². The van der Waals surface area contributed by atoms with Gasteiger partial charge in [0, 0.05) is 23.3 Å². The molecule has 0 saturated heterocycles. The minimum absolute atomic E-state index is 0.278. The van der Waals surface area contributed by atoms with Gasteiger partial charge in [-0.15, -0.1) is 11.3 Å². The van der Waals surface area contributed by atoms with E-state index < -0.39 is 6.10 Å². The van der Waals surface area contributed by atoms with Crippen molar-refractivity contribution in [3.05, 3.63) is 33.1 Å². The second-order valence-electron chi connectivity index (χ2n) is 3.37. The Morgan fingerprint density at radius 3 is 3.06 bits per heavy atom. The second kappa shape index (κ2) is 4.82. The van der Waals surface area contributed by atoms with Gasteiger partial charge in [0.2, 0.25) is 0 Å². The Balaban J connectivity index is 1.96. The number of oxazole rings is 1. The van der Waals surface area contributed by atoms with Crippen LogP contribution in [0.5, 0.6) is 0 Å². The fourth-order valence-corrected chi connectivity index (χ4v) is 2.17. The van der Waals surface area contributed by atoms with E-state index in [1.165, 1.54) is 4.88 Å². The zero-order chi connectivity index (χ0) is 11.5. The highest BCUT2D eigenvalue weighted by Crippen LogP contribution is 2.21. The molecule has 0 fully saturated rings. The lowest BCUT2D eigenvalue weighted by Gasteiger charge is -2.09. The van der Waals surface area contributed by atoms with Gasteiger partial charge >= 0.3 is 0 Å². The SMILES string of the molecule is Cc1sccc1NCC(O)c1c[nH]c(=S)o1. The smallest absolute Gasteiger partial charge is 0.266 e. The van der Waals surface area contributed by atoms with Crippen LogP contribution in [0.25, 0.3) is 0 Å². The van der Waals surface area contributed by atoms with Crippen molar-refractivity contribution in [1.82, 2.24) is 4.98 Å². The van der Waals surface area contributed by atoms with Gasteiger partial charge < -0.3 is 19.8 Å². The lowest BCUT2D eigenvalue weighted by molar-refractivity contribution is 0.161. The molecule has 1 atom stereocenters. The molecule has 0 bridgehead atoms. The highest BCUT2D eigenvalue weighted by Gasteiger charge is 2.11. The highest BCUT2D eigenvalue weighted by atomic mass is 32.1. The molecule has 2 heterocycles. The van der Waals surface area contributed by atoms with Gasteiger partial charge in [-0.3, -0.25) is 0 Å². The van der Waals surface area contributed by atoms with E-state index in [0.717, 1.165) is 5.69 Å². The predicted molar refractivity (Wildman–Crippen MR) is 66.4 cm³/mol. The first-order chi connectivity index (χ1) is 7.66. The third-order valence-corrected chi connectivity index (χ3v) is 3.26. The van der Waals surface area contributed by atoms with Crippen molar-refractivity contribution in [3.63, 3.8) is 0 Å². The summed E-state index contributed by atoms with van der Waals surface area (Å²) in [6, 6.07) is 1.99. The first-order valence-corrected chi connectivity index (χ1v) is 6.10. The van der Waals surface area contributed by atoms with Crippen molar-refractivity contribution < 1.29 is 9.52 Å². The third kappa shape index (κ3) is 2.52. The zero-order valence-corrected chi connectivity index (χ0v) is 10.3. The molecule has 4 nitrogen and oxygen atoms in total. The van der Waals surface area contributed by atoms with Gasteiger partial charge in [0.25, 0.3) is 4.84 Å². The summed E-state index contributed by atoms with van der Waals surface area (Å²) in [5.74, 6) is 0.449. The van der Waals surface area contributed by atoms with Crippen LogP contribution in [0.3, 0.4) is 0 Å². The Morgan fingerprint density at radius 1 is 1.69 bits per heavy atom. The summed E-state index contributed by atoms with van der Waals surface area (Å²) in [6.45, 7) is 2.43. The number of aliphatic hydroxyl groups excluding tert-OH is 1. The number of thiophene rings is 1. The van der Waals surface area contributed by atoms with E-state index in [1.54, 1.807) is 17.5 Å². The number of hydrogen-bond acceptors (Lipinski definition) is 5. The first-order valence-electron chi connectivity index (χ1n) is 4.81. The Kier molecular flexibility index (Phi) is 3.42. The molecule has 2 aromatic rings. The van der Waals surface area contributed by atoms with Crippen LogP contribution >= 0.6 is 23.6 Å². The summed E-state index contributed by atoms with van der Waals surface area (Å²) >= 11 is 6.45. The maximum Gasteiger partial charge on any atom is 0.266 e. The van der Waals surface area contributed by atoms with Gasteiger partial charge in [0.05, 0.1) is 0 Å². The molecule has 0 saturated carbocycles. The second-order valence-corrected chi connectivity index (χ2v) is 4.86. The molecular weight excluding hydrogens is 244 g/mol. The standard InChI is InChI=1S/C10H12N2O2S2/c1-6-7(2-3-16-6)11-4-8(13)9-5-12-10(15)14-9/h2-3,5,8,11,13H,4H2,1H3,(H,12,15). The lowest BCUT2D eigenvalue weighted by Crippen LogP contribution is -2.11. The number of aryl methyl sites for hydroxylation is 1. The molecule has 0 amide bonds. The normalized spacial score (nSPS) is 12.6. The maximum atomic E-state index is 9.80. The minimum atomic E-state index is -0.702. The average molecular weight is 256 g/mol. The molecule has 1 unspecified atom stereocenters. The van der Waals surface area contributed by atoms with Crippen molar-refractivity contribution in [2.75, 3.05) is 11.9 Å². The van der Waals surface area contributed by atoms with Gasteiger partial charge in [0.15, 0.2) is 5.76 Å². The number of H-pyrrole nitrogens is 1. The lowest BCUT2D eigenvalue weighted by atomic mass is 10.3. The van der Waals surface area contributed by atoms with Crippen LogP contribution in [0, 0.1) is 11.8 Å². The number of aromatic nitrogens is 1. The number of anilines is 1. The van der Waals surface area contributed by atoms with Crippen molar-refractivity contribution in [2.24, 2.45) is 0 Å². The van der Waals surface area contributed by atoms with E-state index in [0.29, 0.717) is 12.3 Å². The molecular formula is C10H12N2O2S2. The molecule has 2 rings (SSSR count). The van der Waals surface area contributed by atoms with E-state index >= 15 is 0 Å². The van der Waals surface area contributed by atoms with Gasteiger partial charge in [0.1, 0.15) is 6.10 Å². The van der Waals surface area contributed by atoms with Gasteiger partial charge in [-0.2, -0.15) is 0 Å². The van der Waals surface area contributed by atoms with Gasteiger partial charge in [-0.05, 0) is 30.6 Å². The van der Waals surface area contributed by atoms with Crippen molar-refractivity contribution in [2.45, 2.75) is 13.0 Å². The number of aromatic amines is 1. The van der Waals surface area contributed by atoms with Crippen molar-refractivity contribution in [3.8, 4) is 0 Å². The Hall–Kier alpha value is -1.11. The molecule has 0 aliphatic rings. The van der Waals surface area contributed by atoms with E-state index in [4.69, 9.17) is 16.6 Å². The summed E-state index contributed by atoms with van der Waals surface area (Å²) in [4.78, 5) is 4.19. The quantitative estimate of drug-likeness (QED) is 0.736. The molecule has 3 N–H and O–H groups in total. The number of nitrogens with one attached hydrogen (secondary N) is 2. The van der Waals surface area contributed by atoms with Crippen molar-refractivity contribution >= 4 is 29.2 Å². The minimum Gasteiger partial charge on any atom is -0.432 e. The van der Waals surface area contributed by atoms with Crippen LogP contribution in [0.2, 0.25) is 0 Å². The number of aliphatic hydroxyl groups is 1. The molecule has 0 aliphatic carbocycles. The Labute approximate surface area is 102 Å². The number of rotatable bonds is 4. The molecule has 86 valence electrons. The summed E-state index contributed by atoms with van der Waals surface area (Å²) in [5, 5.41) is 15.0. The fraction of sp³-hybridized carbons (Fsp3) is 0.300. The maximum absolute atomic E-state index is 9.80. The molecule has 0 aliphatic heterocycles. The molecule has 0 spiro atoms. The molecule has 2 aromatic heterocycles. The van der Waals surface area contributed by atoms with Crippen LogP contribution in [-0.2, 0) is 0 Å². The van der Waals surface area contributed by atoms with E-state index in [2.05, 4.69) is 10.3 Å². The fourth-order valence-electron chi connectivity index (χ4n) is 1.34. The summed E-state index contributed by atoms with van der Waals surface area (Å²) in [5.41, 5.74) is 1.04. The molecule has 0 radical (unpaired) electrons. The summed E-state index contributed by atoms with van der Waals surface area (Å²) in [7, 11) is 0. The zero-order valence-electron chi connectivity index (χ0n) is 8.69. The monoisotopic (exact) mass is 256 g/mol. The van der Waals surface area contributed by atoms with E-state index in [9.17, 15) is 5.11 Å². The van der Waals surface area contributed by atoms with Crippen molar-refractivity contribution in [1.29, 1.82) is 0 Å². The average Bonchev–Trinajstić information content (AvgIpc) is 2.84. The number of hydrogen-bond donors (Lipinski definition) is 3. The highest BCUT2D eigenvalue weighted by molar-refractivity contribution is 7.71. The summed E-state index contributed by atoms with van der Waals surface area (Å²) < 4.78 is 5.12. The topological polar surface area (TPSA) is 61.2 Å². The van der Waals surface area contributed by atoms with Crippen LogP contribution in [0.1, 0.15) is 16.7 Å². The van der Waals surface area contributed by atoms with Gasteiger partial charge in [-0.25, -0.2) is 0 Å². The molecule has 6 heteroatoms. The van der Waals surface area contributed by atoms with E-state index in [-0.39, 0.29) is 4.84 Å². The Morgan fingerprint density at radius 2 is 2.50 bits per heavy atom. The Bertz CT molecular complexity index is 515. The van der Waals surface area contributed by atoms with Crippen LogP contribution in [0.15, 0.2) is 22.1 Å². The largest absolute Gasteiger partial charge is 0.432 e. The molecule has 0 aromatic carbocycles. The van der Waals surface area contributed by atoms with Crippen LogP contribution in [-0.4, -0.2) is 16.6 Å². The van der Waals surface area contributed by atoms with E-state index in [1.807, 2.05) is 18.4 Å². The summed E-state index contributed by atoms with van der Waals surface area (Å²) in [6.07, 6.45) is 0.877. The predicted octanol–water partition coefficient (Wildman–Crippen LogP) is 2.85. The third-order valence-electron chi connectivity index (χ3n) is 2.22. The van der Waals surface area contributed by atoms with Crippen LogP contribution < -0.4 is 5.32 Å². The first kappa shape index (κ1) is 11.4. The molecule has 16 heavy (non-hydrogen) atoms. The van der Waals surface area contributed by atoms with Crippen LogP contribution in [0.4, 0.5) is 5.69 Å².